The Balaban J connectivity index is 2.72. The molecule has 6 heteroatoms. The van der Waals surface area contributed by atoms with Crippen molar-refractivity contribution in [2.75, 3.05) is 5.32 Å². The fourth-order valence-corrected chi connectivity index (χ4v) is 1.64. The molecule has 0 aliphatic heterocycles. The van der Waals surface area contributed by atoms with Crippen molar-refractivity contribution in [2.45, 2.75) is 32.7 Å². The summed E-state index contributed by atoms with van der Waals surface area (Å²) in [5, 5.41) is 13.5. The number of amides is 2. The van der Waals surface area contributed by atoms with Gasteiger partial charge in [0.15, 0.2) is 0 Å². The minimum Gasteiger partial charge on any atom is -0.480 e. The number of hydrogen-bond acceptors (Lipinski definition) is 2. The number of rotatable bonds is 5. The summed E-state index contributed by atoms with van der Waals surface area (Å²) in [6.45, 7) is 3.47. The lowest BCUT2D eigenvalue weighted by Gasteiger charge is -2.15. The van der Waals surface area contributed by atoms with E-state index in [2.05, 4.69) is 10.6 Å². The maximum Gasteiger partial charge on any atom is 0.326 e. The molecule has 0 aromatic heterocycles. The summed E-state index contributed by atoms with van der Waals surface area (Å²) in [5.41, 5.74) is 0.623. The number of para-hydroxylation sites is 1. The number of aliphatic carboxylic acids is 1. The fourth-order valence-electron chi connectivity index (χ4n) is 1.64. The van der Waals surface area contributed by atoms with Crippen molar-refractivity contribution in [1.29, 1.82) is 0 Å². The lowest BCUT2D eigenvalue weighted by molar-refractivity contribution is -0.139. The van der Waals surface area contributed by atoms with Crippen LogP contribution in [0, 0.1) is 12.7 Å². The first-order valence-corrected chi connectivity index (χ1v) is 6.01. The molecule has 1 atom stereocenters. The number of urea groups is 1. The summed E-state index contributed by atoms with van der Waals surface area (Å²) in [6, 6.07) is 2.71. The van der Waals surface area contributed by atoms with E-state index in [1.54, 1.807) is 13.0 Å². The monoisotopic (exact) mass is 268 g/mol. The third kappa shape index (κ3) is 4.24. The minimum absolute atomic E-state index is 0.0561. The first kappa shape index (κ1) is 14.9. The summed E-state index contributed by atoms with van der Waals surface area (Å²) in [7, 11) is 0. The van der Waals surface area contributed by atoms with Crippen molar-refractivity contribution in [3.8, 4) is 0 Å². The summed E-state index contributed by atoms with van der Waals surface area (Å²) in [5.74, 6) is -1.67. The van der Waals surface area contributed by atoms with Gasteiger partial charge >= 0.3 is 12.0 Å². The molecule has 0 spiro atoms. The number of nitrogens with one attached hydrogen (secondary N) is 2. The van der Waals surface area contributed by atoms with E-state index in [-0.39, 0.29) is 5.69 Å². The van der Waals surface area contributed by atoms with Crippen LogP contribution in [0.15, 0.2) is 18.2 Å². The Morgan fingerprint density at radius 3 is 2.63 bits per heavy atom. The van der Waals surface area contributed by atoms with Gasteiger partial charge in [-0.15, -0.1) is 0 Å². The van der Waals surface area contributed by atoms with Crippen LogP contribution in [-0.4, -0.2) is 23.1 Å². The van der Waals surface area contributed by atoms with E-state index in [0.717, 1.165) is 0 Å². The van der Waals surface area contributed by atoms with Crippen LogP contribution in [-0.2, 0) is 4.79 Å². The number of carbonyl (C=O) groups excluding carboxylic acids is 1. The molecule has 3 N–H and O–H groups in total. The maximum atomic E-state index is 13.5. The van der Waals surface area contributed by atoms with Crippen LogP contribution in [0.2, 0.25) is 0 Å². The van der Waals surface area contributed by atoms with E-state index in [4.69, 9.17) is 5.11 Å². The fraction of sp³-hybridized carbons (Fsp3) is 0.385. The van der Waals surface area contributed by atoms with Crippen LogP contribution in [0.5, 0.6) is 0 Å². The van der Waals surface area contributed by atoms with Gasteiger partial charge in [-0.1, -0.05) is 25.5 Å². The lowest BCUT2D eigenvalue weighted by Crippen LogP contribution is -2.43. The van der Waals surface area contributed by atoms with E-state index >= 15 is 0 Å². The molecule has 1 unspecified atom stereocenters. The van der Waals surface area contributed by atoms with Gasteiger partial charge in [0.1, 0.15) is 11.9 Å². The zero-order chi connectivity index (χ0) is 14.4. The number of aryl methyl sites for hydroxylation is 1. The van der Waals surface area contributed by atoms with Crippen LogP contribution >= 0.6 is 0 Å². The third-order valence-electron chi connectivity index (χ3n) is 2.64. The summed E-state index contributed by atoms with van der Waals surface area (Å²) >= 11 is 0. The second kappa shape index (κ2) is 6.72. The predicted octanol–water partition coefficient (Wildman–Crippen LogP) is 2.51. The highest BCUT2D eigenvalue weighted by atomic mass is 19.1. The number of benzene rings is 1. The summed E-state index contributed by atoms with van der Waals surface area (Å²) < 4.78 is 13.5. The molecule has 0 saturated heterocycles. The summed E-state index contributed by atoms with van der Waals surface area (Å²) in [4.78, 5) is 22.5. The second-order valence-electron chi connectivity index (χ2n) is 4.21. The third-order valence-corrected chi connectivity index (χ3v) is 2.64. The Labute approximate surface area is 110 Å². The van der Waals surface area contributed by atoms with Crippen LogP contribution in [0.3, 0.4) is 0 Å². The van der Waals surface area contributed by atoms with E-state index in [1.807, 2.05) is 6.92 Å². The van der Waals surface area contributed by atoms with Gasteiger partial charge in [0.2, 0.25) is 0 Å². The van der Waals surface area contributed by atoms with Crippen molar-refractivity contribution in [2.24, 2.45) is 0 Å². The molecule has 0 aliphatic carbocycles. The molecule has 0 radical (unpaired) electrons. The SMILES string of the molecule is CCCC(NC(=O)Nc1c(C)cccc1F)C(=O)O. The Kier molecular flexibility index (Phi) is 5.29. The largest absolute Gasteiger partial charge is 0.480 e. The molecule has 0 fully saturated rings. The van der Waals surface area contributed by atoms with Gasteiger partial charge in [-0.25, -0.2) is 14.0 Å². The van der Waals surface area contributed by atoms with E-state index in [1.165, 1.54) is 12.1 Å². The standard InChI is InChI=1S/C13H17FN2O3/c1-3-5-10(12(17)18)15-13(19)16-11-8(2)6-4-7-9(11)14/h4,6-7,10H,3,5H2,1-2H3,(H,17,18)(H2,15,16,19). The average molecular weight is 268 g/mol. The molecule has 1 aromatic carbocycles. The number of hydrogen-bond donors (Lipinski definition) is 3. The smallest absolute Gasteiger partial charge is 0.326 e. The van der Waals surface area contributed by atoms with Crippen molar-refractivity contribution >= 4 is 17.7 Å². The van der Waals surface area contributed by atoms with E-state index in [9.17, 15) is 14.0 Å². The Morgan fingerprint density at radius 2 is 2.11 bits per heavy atom. The molecule has 2 amide bonds. The molecular formula is C13H17FN2O3. The van der Waals surface area contributed by atoms with Gasteiger partial charge in [-0.2, -0.15) is 0 Å². The number of anilines is 1. The van der Waals surface area contributed by atoms with Gasteiger partial charge in [-0.3, -0.25) is 0 Å². The number of carboxylic acids is 1. The van der Waals surface area contributed by atoms with E-state index in [0.29, 0.717) is 18.4 Å². The molecule has 1 aromatic rings. The van der Waals surface area contributed by atoms with Crippen molar-refractivity contribution < 1.29 is 19.1 Å². The topological polar surface area (TPSA) is 78.4 Å². The van der Waals surface area contributed by atoms with Gasteiger partial charge in [0.25, 0.3) is 0 Å². The van der Waals surface area contributed by atoms with Crippen LogP contribution in [0.1, 0.15) is 25.3 Å². The molecule has 1 rings (SSSR count). The van der Waals surface area contributed by atoms with E-state index < -0.39 is 23.9 Å². The quantitative estimate of drug-likeness (QED) is 0.767. The summed E-state index contributed by atoms with van der Waals surface area (Å²) in [6.07, 6.45) is 0.939. The van der Waals surface area contributed by atoms with Gasteiger partial charge in [-0.05, 0) is 25.0 Å². The first-order chi connectivity index (χ1) is 8.95. The Hall–Kier alpha value is -2.11. The molecule has 104 valence electrons. The zero-order valence-electron chi connectivity index (χ0n) is 10.9. The van der Waals surface area contributed by atoms with Crippen LogP contribution < -0.4 is 10.6 Å². The highest BCUT2D eigenvalue weighted by Gasteiger charge is 2.19. The first-order valence-electron chi connectivity index (χ1n) is 6.01. The van der Waals surface area contributed by atoms with Crippen LogP contribution in [0.4, 0.5) is 14.9 Å². The number of carbonyl (C=O) groups is 2. The minimum atomic E-state index is -1.11. The normalized spacial score (nSPS) is 11.7. The molecule has 0 bridgehead atoms. The molecule has 0 saturated carbocycles. The molecule has 5 nitrogen and oxygen atoms in total. The number of halogens is 1. The van der Waals surface area contributed by atoms with Crippen LogP contribution in [0.25, 0.3) is 0 Å². The second-order valence-corrected chi connectivity index (χ2v) is 4.21. The van der Waals surface area contributed by atoms with Crippen molar-refractivity contribution in [1.82, 2.24) is 5.32 Å². The van der Waals surface area contributed by atoms with Crippen molar-refractivity contribution in [3.05, 3.63) is 29.6 Å². The predicted molar refractivity (Wildman–Crippen MR) is 69.6 cm³/mol. The number of carboxylic acid groups (broad SMARTS) is 1. The molecule has 0 aliphatic rings. The Morgan fingerprint density at radius 1 is 1.42 bits per heavy atom. The highest BCUT2D eigenvalue weighted by Crippen LogP contribution is 2.18. The van der Waals surface area contributed by atoms with Gasteiger partial charge in [0.05, 0.1) is 5.69 Å². The van der Waals surface area contributed by atoms with Crippen molar-refractivity contribution in [3.63, 3.8) is 0 Å². The Bertz CT molecular complexity index is 457. The zero-order valence-corrected chi connectivity index (χ0v) is 10.9. The lowest BCUT2D eigenvalue weighted by atomic mass is 10.1. The molecule has 19 heavy (non-hydrogen) atoms. The molecule has 0 heterocycles. The molecular weight excluding hydrogens is 251 g/mol. The average Bonchev–Trinajstić information content (AvgIpc) is 2.33. The maximum absolute atomic E-state index is 13.5. The highest BCUT2D eigenvalue weighted by molar-refractivity contribution is 5.92. The van der Waals surface area contributed by atoms with Gasteiger partial charge in [0, 0.05) is 0 Å². The van der Waals surface area contributed by atoms with Gasteiger partial charge < -0.3 is 15.7 Å².